The van der Waals surface area contributed by atoms with Crippen molar-refractivity contribution in [3.63, 3.8) is 0 Å². The van der Waals surface area contributed by atoms with E-state index in [1.807, 2.05) is 13.8 Å². The quantitative estimate of drug-likeness (QED) is 0.436. The molecule has 1 amide bonds. The van der Waals surface area contributed by atoms with Crippen LogP contribution in [0.5, 0.6) is 5.75 Å². The molecule has 1 aliphatic carbocycles. The molecule has 1 heterocycles. The van der Waals surface area contributed by atoms with Crippen molar-refractivity contribution in [2.45, 2.75) is 65.1 Å². The lowest BCUT2D eigenvalue weighted by atomic mass is 9.73. The number of benzene rings is 2. The molecule has 5 nitrogen and oxygen atoms in total. The summed E-state index contributed by atoms with van der Waals surface area (Å²) in [6, 6.07) is 11.8. The Balaban J connectivity index is 1.85. The van der Waals surface area contributed by atoms with Crippen molar-refractivity contribution in [3.05, 3.63) is 65.4 Å². The number of fused-ring (bicyclic) bond motifs is 1. The maximum Gasteiger partial charge on any atom is 0.471 e. The first kappa shape index (κ1) is 25.8. The fourth-order valence-electron chi connectivity index (χ4n) is 4.95. The van der Waals surface area contributed by atoms with Gasteiger partial charge in [-0.2, -0.15) is 13.2 Å². The standard InChI is InChI=1S/C28H31F3N2O3/c1-4-5-8-15-36-19-13-11-18(12-14-19)25-24-21(16-27(2,3)17-23(24)34)32-20-9-6-7-10-22(20)33(25)26(35)28(29,30)31/h6-7,9-14,25,32H,4-5,8,15-17H2,1-3H3/t25-/m1/s1. The third kappa shape index (κ3) is 5.27. The number of hydrogen-bond acceptors (Lipinski definition) is 4. The molecule has 8 heteroatoms. The summed E-state index contributed by atoms with van der Waals surface area (Å²) < 4.78 is 47.5. The summed E-state index contributed by atoms with van der Waals surface area (Å²) in [5.74, 6) is -1.71. The van der Waals surface area contributed by atoms with E-state index in [-0.39, 0.29) is 28.9 Å². The van der Waals surface area contributed by atoms with Gasteiger partial charge < -0.3 is 10.1 Å². The first-order valence-corrected chi connectivity index (χ1v) is 12.3. The highest BCUT2D eigenvalue weighted by atomic mass is 19.4. The molecule has 0 unspecified atom stereocenters. The van der Waals surface area contributed by atoms with Crippen molar-refractivity contribution in [2.75, 3.05) is 16.8 Å². The van der Waals surface area contributed by atoms with Crippen LogP contribution < -0.4 is 15.0 Å². The Labute approximate surface area is 209 Å². The highest BCUT2D eigenvalue weighted by molar-refractivity contribution is 6.07. The average molecular weight is 501 g/mol. The number of nitrogens with zero attached hydrogens (tertiary/aromatic N) is 1. The highest BCUT2D eigenvalue weighted by Crippen LogP contribution is 2.49. The molecule has 1 atom stereocenters. The molecular formula is C28H31F3N2O3. The van der Waals surface area contributed by atoms with Crippen LogP contribution in [0.15, 0.2) is 59.8 Å². The van der Waals surface area contributed by atoms with Gasteiger partial charge in [-0.25, -0.2) is 0 Å². The van der Waals surface area contributed by atoms with Gasteiger partial charge in [-0.1, -0.05) is 57.9 Å². The van der Waals surface area contributed by atoms with Gasteiger partial charge in [0, 0.05) is 17.7 Å². The predicted octanol–water partition coefficient (Wildman–Crippen LogP) is 6.96. The van der Waals surface area contributed by atoms with Crippen LogP contribution in [0, 0.1) is 5.41 Å². The number of amides is 1. The van der Waals surface area contributed by atoms with E-state index in [1.54, 1.807) is 42.5 Å². The molecular weight excluding hydrogens is 469 g/mol. The molecule has 0 saturated heterocycles. The molecule has 192 valence electrons. The number of anilines is 2. The number of carbonyl (C=O) groups is 2. The number of rotatable bonds is 6. The molecule has 0 fully saturated rings. The van der Waals surface area contributed by atoms with E-state index in [0.29, 0.717) is 35.7 Å². The van der Waals surface area contributed by atoms with E-state index in [4.69, 9.17) is 4.74 Å². The zero-order valence-electron chi connectivity index (χ0n) is 20.7. The number of Topliss-reactive ketones (excluding diaryl/α,β-unsaturated/α-hetero) is 1. The van der Waals surface area contributed by atoms with Crippen LogP contribution in [0.25, 0.3) is 0 Å². The Morgan fingerprint density at radius 1 is 1.08 bits per heavy atom. The second-order valence-electron chi connectivity index (χ2n) is 10.2. The monoisotopic (exact) mass is 500 g/mol. The number of para-hydroxylation sites is 2. The zero-order chi connectivity index (χ0) is 26.1. The number of hydrogen-bond donors (Lipinski definition) is 1. The van der Waals surface area contributed by atoms with Crippen molar-refractivity contribution >= 4 is 23.1 Å². The van der Waals surface area contributed by atoms with Gasteiger partial charge in [-0.05, 0) is 48.1 Å². The fraction of sp³-hybridized carbons (Fsp3) is 0.429. The maximum atomic E-state index is 13.9. The minimum Gasteiger partial charge on any atom is -0.494 e. The van der Waals surface area contributed by atoms with Gasteiger partial charge in [0.1, 0.15) is 5.75 Å². The summed E-state index contributed by atoms with van der Waals surface area (Å²) in [6.45, 7) is 6.53. The number of carbonyl (C=O) groups excluding carboxylic acids is 2. The molecule has 0 saturated carbocycles. The van der Waals surface area contributed by atoms with Crippen LogP contribution in [-0.2, 0) is 9.59 Å². The number of allylic oxidation sites excluding steroid dienone is 1. The normalized spacial score (nSPS) is 19.2. The molecule has 0 radical (unpaired) electrons. The largest absolute Gasteiger partial charge is 0.494 e. The van der Waals surface area contributed by atoms with E-state index < -0.39 is 18.1 Å². The molecule has 2 aromatic rings. The lowest BCUT2D eigenvalue weighted by Crippen LogP contribution is -2.45. The number of unbranched alkanes of at least 4 members (excludes halogenated alkanes) is 2. The van der Waals surface area contributed by atoms with Crippen molar-refractivity contribution in [1.82, 2.24) is 0 Å². The van der Waals surface area contributed by atoms with E-state index in [2.05, 4.69) is 12.2 Å². The number of nitrogens with one attached hydrogen (secondary N) is 1. The zero-order valence-corrected chi connectivity index (χ0v) is 20.7. The fourth-order valence-corrected chi connectivity index (χ4v) is 4.95. The van der Waals surface area contributed by atoms with Gasteiger partial charge in [0.15, 0.2) is 5.78 Å². The van der Waals surface area contributed by atoms with Crippen LogP contribution >= 0.6 is 0 Å². The van der Waals surface area contributed by atoms with E-state index in [1.165, 1.54) is 6.07 Å². The third-order valence-electron chi connectivity index (χ3n) is 6.57. The van der Waals surface area contributed by atoms with Crippen LogP contribution in [0.2, 0.25) is 0 Å². The molecule has 1 N–H and O–H groups in total. The van der Waals surface area contributed by atoms with Crippen LogP contribution in [0.3, 0.4) is 0 Å². The van der Waals surface area contributed by atoms with Gasteiger partial charge in [-0.15, -0.1) is 0 Å². The van der Waals surface area contributed by atoms with Crippen LogP contribution in [0.4, 0.5) is 24.5 Å². The Morgan fingerprint density at radius 3 is 2.44 bits per heavy atom. The van der Waals surface area contributed by atoms with Gasteiger partial charge >= 0.3 is 12.1 Å². The van der Waals surface area contributed by atoms with Crippen molar-refractivity contribution in [1.29, 1.82) is 0 Å². The number of ketones is 1. The Bertz CT molecular complexity index is 1170. The number of halogens is 3. The molecule has 4 rings (SSSR count). The summed E-state index contributed by atoms with van der Waals surface area (Å²) >= 11 is 0. The van der Waals surface area contributed by atoms with Crippen LogP contribution in [-0.4, -0.2) is 24.5 Å². The average Bonchev–Trinajstić information content (AvgIpc) is 2.94. The van der Waals surface area contributed by atoms with Gasteiger partial charge in [-0.3, -0.25) is 14.5 Å². The molecule has 0 bridgehead atoms. The Hall–Kier alpha value is -3.29. The molecule has 2 aliphatic rings. The van der Waals surface area contributed by atoms with E-state index >= 15 is 0 Å². The summed E-state index contributed by atoms with van der Waals surface area (Å²) in [5.41, 5.74) is 1.21. The van der Waals surface area contributed by atoms with Gasteiger partial charge in [0.25, 0.3) is 0 Å². The first-order chi connectivity index (χ1) is 17.0. The summed E-state index contributed by atoms with van der Waals surface area (Å²) in [7, 11) is 0. The lowest BCUT2D eigenvalue weighted by Gasteiger charge is -2.37. The lowest BCUT2D eigenvalue weighted by molar-refractivity contribution is -0.170. The minimum atomic E-state index is -5.13. The number of ether oxygens (including phenoxy) is 1. The SMILES string of the molecule is CCCCCOc1ccc([C@@H]2C3=C(CC(C)(C)CC3=O)Nc3ccccc3N2C(=O)C(F)(F)F)cc1. The molecule has 1 aliphatic heterocycles. The van der Waals surface area contributed by atoms with E-state index in [0.717, 1.165) is 24.2 Å². The van der Waals surface area contributed by atoms with Crippen molar-refractivity contribution < 1.29 is 27.5 Å². The third-order valence-corrected chi connectivity index (χ3v) is 6.57. The molecule has 36 heavy (non-hydrogen) atoms. The van der Waals surface area contributed by atoms with E-state index in [9.17, 15) is 22.8 Å². The highest BCUT2D eigenvalue weighted by Gasteiger charge is 2.50. The maximum absolute atomic E-state index is 13.9. The van der Waals surface area contributed by atoms with Crippen molar-refractivity contribution in [2.24, 2.45) is 5.41 Å². The molecule has 0 spiro atoms. The summed E-state index contributed by atoms with van der Waals surface area (Å²) in [5, 5.41) is 3.21. The summed E-state index contributed by atoms with van der Waals surface area (Å²) in [4.78, 5) is 27.1. The van der Waals surface area contributed by atoms with Gasteiger partial charge in [0.2, 0.25) is 0 Å². The first-order valence-electron chi connectivity index (χ1n) is 12.3. The van der Waals surface area contributed by atoms with Gasteiger partial charge in [0.05, 0.1) is 24.0 Å². The summed E-state index contributed by atoms with van der Waals surface area (Å²) in [6.07, 6.45) is -1.49. The topological polar surface area (TPSA) is 58.6 Å². The number of alkyl halides is 3. The predicted molar refractivity (Wildman–Crippen MR) is 133 cm³/mol. The van der Waals surface area contributed by atoms with Crippen molar-refractivity contribution in [3.8, 4) is 5.75 Å². The Morgan fingerprint density at radius 2 is 1.78 bits per heavy atom. The second-order valence-corrected chi connectivity index (χ2v) is 10.2. The second kappa shape index (κ2) is 9.99. The minimum absolute atomic E-state index is 0.0738. The smallest absolute Gasteiger partial charge is 0.471 e. The Kier molecular flexibility index (Phi) is 7.16. The molecule has 2 aromatic carbocycles. The van der Waals surface area contributed by atoms with Crippen LogP contribution in [0.1, 0.15) is 64.5 Å². The molecule has 0 aromatic heterocycles.